The Balaban J connectivity index is 1.61. The third kappa shape index (κ3) is 5.11. The number of methoxy groups -OCH3 is 1. The van der Waals surface area contributed by atoms with Gasteiger partial charge in [0.05, 0.1) is 13.2 Å². The molecule has 3 rings (SSSR count). The second-order valence-corrected chi connectivity index (χ2v) is 7.51. The summed E-state index contributed by atoms with van der Waals surface area (Å²) in [7, 11) is 5.38. The Morgan fingerprint density at radius 3 is 2.55 bits per heavy atom. The van der Waals surface area contributed by atoms with E-state index in [9.17, 15) is 18.4 Å². The summed E-state index contributed by atoms with van der Waals surface area (Å²) in [4.78, 5) is 28.0. The topological polar surface area (TPSA) is 73.9 Å². The van der Waals surface area contributed by atoms with Gasteiger partial charge in [0.2, 0.25) is 5.91 Å². The molecular weight excluding hydrogens is 406 g/mol. The van der Waals surface area contributed by atoms with Crippen LogP contribution in [0.25, 0.3) is 0 Å². The van der Waals surface area contributed by atoms with Crippen LogP contribution in [0.4, 0.5) is 19.3 Å². The number of ether oxygens (including phenoxy) is 1. The van der Waals surface area contributed by atoms with Crippen LogP contribution in [0, 0.1) is 11.6 Å². The molecule has 1 aliphatic rings. The standard InChI is InChI=1S/C22H26F2N4O3/c1-27(2)19(14-6-4-7-15(12-14)31-3)13-25-22(30)26-18-10-11-28(21(18)29)20-16(23)8-5-9-17(20)24/h4-9,12,18-19H,10-11,13H2,1-3H3,(H2,25,26,30). The van der Waals surface area contributed by atoms with E-state index in [1.54, 1.807) is 7.11 Å². The number of nitrogens with one attached hydrogen (secondary N) is 2. The second-order valence-electron chi connectivity index (χ2n) is 7.51. The van der Waals surface area contributed by atoms with Crippen LogP contribution in [0.15, 0.2) is 42.5 Å². The van der Waals surface area contributed by atoms with E-state index < -0.39 is 29.6 Å². The number of rotatable bonds is 7. The van der Waals surface area contributed by atoms with Crippen molar-refractivity contribution < 1.29 is 23.1 Å². The zero-order valence-electron chi connectivity index (χ0n) is 17.7. The summed E-state index contributed by atoms with van der Waals surface area (Å²) < 4.78 is 33.3. The van der Waals surface area contributed by atoms with E-state index in [2.05, 4.69) is 10.6 Å². The fourth-order valence-electron chi connectivity index (χ4n) is 3.63. The first kappa shape index (κ1) is 22.5. The van der Waals surface area contributed by atoms with Crippen LogP contribution in [0.3, 0.4) is 0 Å². The average Bonchev–Trinajstić information content (AvgIpc) is 3.08. The predicted molar refractivity (Wildman–Crippen MR) is 113 cm³/mol. The van der Waals surface area contributed by atoms with Gasteiger partial charge in [0.15, 0.2) is 0 Å². The first-order valence-corrected chi connectivity index (χ1v) is 9.92. The van der Waals surface area contributed by atoms with Gasteiger partial charge in [-0.25, -0.2) is 13.6 Å². The number of halogens is 2. The van der Waals surface area contributed by atoms with Crippen molar-refractivity contribution in [3.8, 4) is 5.75 Å². The maximum atomic E-state index is 14.0. The van der Waals surface area contributed by atoms with Gasteiger partial charge < -0.3 is 25.2 Å². The van der Waals surface area contributed by atoms with Gasteiger partial charge in [0, 0.05) is 13.1 Å². The smallest absolute Gasteiger partial charge is 0.315 e. The van der Waals surface area contributed by atoms with Gasteiger partial charge in [-0.2, -0.15) is 0 Å². The monoisotopic (exact) mass is 432 g/mol. The SMILES string of the molecule is COc1cccc(C(CNC(=O)NC2CCN(c3c(F)cccc3F)C2=O)N(C)C)c1. The van der Waals surface area contributed by atoms with Crippen molar-refractivity contribution in [3.63, 3.8) is 0 Å². The number of hydrogen-bond acceptors (Lipinski definition) is 4. The second kappa shape index (κ2) is 9.74. The third-order valence-corrected chi connectivity index (χ3v) is 5.28. The van der Waals surface area contributed by atoms with Crippen LogP contribution < -0.4 is 20.3 Å². The molecule has 2 unspecified atom stereocenters. The molecule has 0 aliphatic carbocycles. The number of carbonyl (C=O) groups excluding carboxylic acids is 2. The molecule has 166 valence electrons. The normalized spacial score (nSPS) is 17.0. The molecule has 9 heteroatoms. The van der Waals surface area contributed by atoms with Crippen LogP contribution in [0.5, 0.6) is 5.75 Å². The molecule has 0 radical (unpaired) electrons. The van der Waals surface area contributed by atoms with Crippen molar-refractivity contribution in [2.24, 2.45) is 0 Å². The largest absolute Gasteiger partial charge is 0.497 e. The number of likely N-dealkylation sites (N-methyl/N-ethyl adjacent to an activating group) is 1. The Morgan fingerprint density at radius 1 is 1.23 bits per heavy atom. The highest BCUT2D eigenvalue weighted by atomic mass is 19.1. The summed E-state index contributed by atoms with van der Waals surface area (Å²) in [6.07, 6.45) is 0.257. The van der Waals surface area contributed by atoms with Gasteiger partial charge in [-0.3, -0.25) is 4.79 Å². The van der Waals surface area contributed by atoms with E-state index in [1.807, 2.05) is 43.3 Å². The fraction of sp³-hybridized carbons (Fsp3) is 0.364. The summed E-state index contributed by atoms with van der Waals surface area (Å²) in [5, 5.41) is 5.38. The lowest BCUT2D eigenvalue weighted by atomic mass is 10.1. The van der Waals surface area contributed by atoms with Crippen molar-refractivity contribution in [3.05, 3.63) is 59.7 Å². The maximum Gasteiger partial charge on any atom is 0.315 e. The molecule has 0 spiro atoms. The molecule has 1 fully saturated rings. The van der Waals surface area contributed by atoms with E-state index in [0.717, 1.165) is 22.6 Å². The molecule has 1 saturated heterocycles. The first-order valence-electron chi connectivity index (χ1n) is 9.92. The Labute approximate surface area is 180 Å². The summed E-state index contributed by atoms with van der Waals surface area (Å²) >= 11 is 0. The van der Waals surface area contributed by atoms with Crippen LogP contribution in [-0.4, -0.2) is 57.2 Å². The van der Waals surface area contributed by atoms with Crippen molar-refractivity contribution >= 4 is 17.6 Å². The number of benzene rings is 2. The molecule has 1 heterocycles. The van der Waals surface area contributed by atoms with E-state index in [4.69, 9.17) is 4.74 Å². The summed E-state index contributed by atoms with van der Waals surface area (Å²) in [5.74, 6) is -1.46. The molecule has 2 atom stereocenters. The highest BCUT2D eigenvalue weighted by Gasteiger charge is 2.36. The highest BCUT2D eigenvalue weighted by molar-refractivity contribution is 6.01. The third-order valence-electron chi connectivity index (χ3n) is 5.28. The minimum atomic E-state index is -0.853. The Kier molecular flexibility index (Phi) is 7.06. The van der Waals surface area contributed by atoms with Gasteiger partial charge in [-0.1, -0.05) is 18.2 Å². The summed E-state index contributed by atoms with van der Waals surface area (Å²) in [6, 6.07) is 9.48. The van der Waals surface area contributed by atoms with Gasteiger partial charge in [-0.05, 0) is 50.3 Å². The minimum absolute atomic E-state index is 0.117. The van der Waals surface area contributed by atoms with Crippen molar-refractivity contribution in [1.29, 1.82) is 0 Å². The first-order chi connectivity index (χ1) is 14.8. The van der Waals surface area contributed by atoms with E-state index in [0.29, 0.717) is 12.3 Å². The molecule has 0 bridgehead atoms. The van der Waals surface area contributed by atoms with E-state index in [-0.39, 0.29) is 24.7 Å². The van der Waals surface area contributed by atoms with E-state index in [1.165, 1.54) is 6.07 Å². The Bertz CT molecular complexity index is 934. The van der Waals surface area contributed by atoms with Crippen LogP contribution in [0.2, 0.25) is 0 Å². The van der Waals surface area contributed by atoms with Gasteiger partial charge in [0.1, 0.15) is 29.1 Å². The van der Waals surface area contributed by atoms with Gasteiger partial charge in [0.25, 0.3) is 0 Å². The zero-order valence-corrected chi connectivity index (χ0v) is 17.7. The Morgan fingerprint density at radius 2 is 1.90 bits per heavy atom. The number of amides is 3. The minimum Gasteiger partial charge on any atom is -0.497 e. The quantitative estimate of drug-likeness (QED) is 0.706. The fourth-order valence-corrected chi connectivity index (χ4v) is 3.63. The molecule has 0 saturated carbocycles. The summed E-state index contributed by atoms with van der Waals surface area (Å²) in [6.45, 7) is 0.407. The molecule has 2 aromatic carbocycles. The number of anilines is 1. The molecule has 7 nitrogen and oxygen atoms in total. The van der Waals surface area contributed by atoms with E-state index >= 15 is 0 Å². The lowest BCUT2D eigenvalue weighted by Gasteiger charge is -2.26. The average molecular weight is 432 g/mol. The number of hydrogen-bond donors (Lipinski definition) is 2. The van der Waals surface area contributed by atoms with Crippen LogP contribution in [0.1, 0.15) is 18.0 Å². The lowest BCUT2D eigenvalue weighted by Crippen LogP contribution is -2.47. The van der Waals surface area contributed by atoms with Crippen LogP contribution >= 0.6 is 0 Å². The molecule has 2 aromatic rings. The zero-order chi connectivity index (χ0) is 22.5. The molecule has 0 aromatic heterocycles. The molecule has 1 aliphatic heterocycles. The number of para-hydroxylation sites is 1. The van der Waals surface area contributed by atoms with Crippen molar-refractivity contribution in [1.82, 2.24) is 15.5 Å². The maximum absolute atomic E-state index is 14.0. The van der Waals surface area contributed by atoms with Crippen molar-refractivity contribution in [2.75, 3.05) is 39.2 Å². The molecule has 31 heavy (non-hydrogen) atoms. The number of carbonyl (C=O) groups is 2. The number of nitrogens with zero attached hydrogens (tertiary/aromatic N) is 2. The molecular formula is C22H26F2N4O3. The van der Waals surface area contributed by atoms with Crippen LogP contribution in [-0.2, 0) is 4.79 Å². The van der Waals surface area contributed by atoms with Gasteiger partial charge in [-0.15, -0.1) is 0 Å². The number of urea groups is 1. The lowest BCUT2D eigenvalue weighted by molar-refractivity contribution is -0.118. The van der Waals surface area contributed by atoms with Crippen molar-refractivity contribution in [2.45, 2.75) is 18.5 Å². The molecule has 2 N–H and O–H groups in total. The molecule has 3 amide bonds. The van der Waals surface area contributed by atoms with Gasteiger partial charge >= 0.3 is 6.03 Å². The summed E-state index contributed by atoms with van der Waals surface area (Å²) in [5.41, 5.74) is 0.575. The Hall–Kier alpha value is -3.20. The predicted octanol–water partition coefficient (Wildman–Crippen LogP) is 2.68. The highest BCUT2D eigenvalue weighted by Crippen LogP contribution is 2.27.